The molecule has 3 N–H and O–H groups in total. The van der Waals surface area contributed by atoms with E-state index in [0.29, 0.717) is 5.56 Å². The first kappa shape index (κ1) is 14.6. The van der Waals surface area contributed by atoms with Crippen molar-refractivity contribution in [2.75, 3.05) is 0 Å². The molecule has 1 aromatic carbocycles. The van der Waals surface area contributed by atoms with Crippen LogP contribution in [0.25, 0.3) is 10.9 Å². The van der Waals surface area contributed by atoms with Crippen LogP contribution in [0, 0.1) is 5.92 Å². The summed E-state index contributed by atoms with van der Waals surface area (Å²) in [7, 11) is 0. The number of hydrogen-bond donors (Lipinski definition) is 3. The van der Waals surface area contributed by atoms with Crippen LogP contribution in [0.4, 0.5) is 0 Å². The number of carboxylic acid groups (broad SMARTS) is 1. The van der Waals surface area contributed by atoms with Gasteiger partial charge in [0.15, 0.2) is 0 Å². The van der Waals surface area contributed by atoms with Crippen LogP contribution >= 0.6 is 15.9 Å². The Labute approximate surface area is 124 Å². The molecular weight excluding hydrogens is 324 g/mol. The molecule has 1 atom stereocenters. The Kier molecular flexibility index (Phi) is 4.13. The Morgan fingerprint density at radius 2 is 2.05 bits per heavy atom. The monoisotopic (exact) mass is 338 g/mol. The number of fused-ring (bicyclic) bond motifs is 1. The third kappa shape index (κ3) is 2.70. The van der Waals surface area contributed by atoms with E-state index in [0.717, 1.165) is 15.4 Å². The minimum atomic E-state index is -1.03. The number of aromatic amines is 1. The predicted octanol–water partition coefficient (Wildman–Crippen LogP) is 2.77. The average Bonchev–Trinajstić information content (AvgIpc) is 2.80. The second-order valence-corrected chi connectivity index (χ2v) is 5.75. The number of rotatable bonds is 4. The number of carbonyl (C=O) groups excluding carboxylic acids is 1. The number of amides is 1. The molecule has 2 rings (SSSR count). The number of aliphatic carboxylic acids is 1. The molecule has 0 radical (unpaired) electrons. The zero-order chi connectivity index (χ0) is 14.9. The maximum Gasteiger partial charge on any atom is 0.326 e. The number of benzene rings is 1. The summed E-state index contributed by atoms with van der Waals surface area (Å²) in [5, 5.41) is 12.4. The summed E-state index contributed by atoms with van der Waals surface area (Å²) in [5.41, 5.74) is 1.25. The molecule has 5 nitrogen and oxygen atoms in total. The van der Waals surface area contributed by atoms with Gasteiger partial charge in [0, 0.05) is 21.6 Å². The fraction of sp³-hybridized carbons (Fsp3) is 0.286. The Hall–Kier alpha value is -1.82. The first-order valence-electron chi connectivity index (χ1n) is 6.21. The lowest BCUT2D eigenvalue weighted by Crippen LogP contribution is -2.44. The van der Waals surface area contributed by atoms with Gasteiger partial charge in [-0.1, -0.05) is 35.8 Å². The molecule has 0 saturated heterocycles. The van der Waals surface area contributed by atoms with Gasteiger partial charge < -0.3 is 15.4 Å². The zero-order valence-electron chi connectivity index (χ0n) is 11.1. The zero-order valence-corrected chi connectivity index (χ0v) is 12.7. The van der Waals surface area contributed by atoms with Crippen molar-refractivity contribution in [3.63, 3.8) is 0 Å². The molecule has 0 unspecified atom stereocenters. The van der Waals surface area contributed by atoms with E-state index in [1.54, 1.807) is 20.0 Å². The third-order valence-corrected chi connectivity index (χ3v) is 3.78. The van der Waals surface area contributed by atoms with E-state index >= 15 is 0 Å². The minimum absolute atomic E-state index is 0.190. The van der Waals surface area contributed by atoms with Gasteiger partial charge in [-0.2, -0.15) is 0 Å². The van der Waals surface area contributed by atoms with Crippen LogP contribution in [0.1, 0.15) is 24.2 Å². The summed E-state index contributed by atoms with van der Waals surface area (Å²) >= 11 is 3.40. The van der Waals surface area contributed by atoms with E-state index in [-0.39, 0.29) is 5.92 Å². The van der Waals surface area contributed by atoms with Crippen molar-refractivity contribution in [1.82, 2.24) is 10.3 Å². The number of carboxylic acids is 1. The molecule has 2 aromatic rings. The van der Waals surface area contributed by atoms with Gasteiger partial charge in [0.1, 0.15) is 6.04 Å². The topological polar surface area (TPSA) is 82.2 Å². The summed E-state index contributed by atoms with van der Waals surface area (Å²) < 4.78 is 0.790. The molecule has 0 fully saturated rings. The highest BCUT2D eigenvalue weighted by atomic mass is 79.9. The Morgan fingerprint density at radius 3 is 2.65 bits per heavy atom. The lowest BCUT2D eigenvalue weighted by Gasteiger charge is -2.17. The van der Waals surface area contributed by atoms with Gasteiger partial charge in [0.05, 0.1) is 5.56 Å². The molecule has 0 spiro atoms. The molecule has 0 aliphatic carbocycles. The number of nitrogens with one attached hydrogen (secondary N) is 2. The molecular formula is C14H15BrN2O3. The van der Waals surface area contributed by atoms with Gasteiger partial charge in [-0.3, -0.25) is 4.79 Å². The second kappa shape index (κ2) is 5.66. The molecule has 1 amide bonds. The highest BCUT2D eigenvalue weighted by Gasteiger charge is 2.25. The molecule has 106 valence electrons. The van der Waals surface area contributed by atoms with Crippen molar-refractivity contribution in [2.24, 2.45) is 5.92 Å². The van der Waals surface area contributed by atoms with E-state index in [1.165, 1.54) is 0 Å². The Morgan fingerprint density at radius 1 is 1.35 bits per heavy atom. The molecule has 1 aromatic heterocycles. The van der Waals surface area contributed by atoms with E-state index in [1.807, 2.05) is 18.2 Å². The van der Waals surface area contributed by atoms with E-state index in [4.69, 9.17) is 5.11 Å². The largest absolute Gasteiger partial charge is 0.480 e. The first-order valence-corrected chi connectivity index (χ1v) is 7.00. The van der Waals surface area contributed by atoms with Crippen molar-refractivity contribution in [3.8, 4) is 0 Å². The number of hydrogen-bond acceptors (Lipinski definition) is 2. The lowest BCUT2D eigenvalue weighted by molar-refractivity contribution is -0.140. The van der Waals surface area contributed by atoms with E-state index in [9.17, 15) is 9.59 Å². The predicted molar refractivity (Wildman–Crippen MR) is 79.7 cm³/mol. The van der Waals surface area contributed by atoms with Crippen molar-refractivity contribution in [1.29, 1.82) is 0 Å². The van der Waals surface area contributed by atoms with Gasteiger partial charge in [-0.25, -0.2) is 4.79 Å². The number of aromatic nitrogens is 1. The molecule has 1 heterocycles. The quantitative estimate of drug-likeness (QED) is 0.801. The summed E-state index contributed by atoms with van der Waals surface area (Å²) in [6.45, 7) is 3.51. The van der Waals surface area contributed by atoms with Crippen LogP contribution in [-0.2, 0) is 4.79 Å². The van der Waals surface area contributed by atoms with E-state index in [2.05, 4.69) is 26.2 Å². The van der Waals surface area contributed by atoms with Gasteiger partial charge >= 0.3 is 5.97 Å². The smallest absolute Gasteiger partial charge is 0.326 e. The number of halogens is 1. The minimum Gasteiger partial charge on any atom is -0.480 e. The maximum absolute atomic E-state index is 12.3. The Balaban J connectivity index is 2.35. The SMILES string of the molecule is CC(C)[C@H](NC(=O)c1c[nH]c2cccc(Br)c12)C(=O)O. The molecule has 0 bridgehead atoms. The average molecular weight is 339 g/mol. The van der Waals surface area contributed by atoms with Gasteiger partial charge in [-0.15, -0.1) is 0 Å². The number of H-pyrrole nitrogens is 1. The van der Waals surface area contributed by atoms with Crippen LogP contribution in [0.2, 0.25) is 0 Å². The highest BCUT2D eigenvalue weighted by molar-refractivity contribution is 9.10. The molecule has 0 saturated carbocycles. The maximum atomic E-state index is 12.3. The van der Waals surface area contributed by atoms with Crippen molar-refractivity contribution >= 4 is 38.7 Å². The standard InChI is InChI=1S/C14H15BrN2O3/c1-7(2)12(14(19)20)17-13(18)8-6-16-10-5-3-4-9(15)11(8)10/h3-7,12,16H,1-2H3,(H,17,18)(H,19,20)/t12-/m0/s1. The van der Waals surface area contributed by atoms with Crippen LogP contribution in [0.5, 0.6) is 0 Å². The fourth-order valence-corrected chi connectivity index (χ4v) is 2.63. The molecule has 6 heteroatoms. The number of carbonyl (C=O) groups is 2. The van der Waals surface area contributed by atoms with Gasteiger partial charge in [-0.05, 0) is 18.1 Å². The van der Waals surface area contributed by atoms with Crippen LogP contribution < -0.4 is 5.32 Å². The molecule has 0 aliphatic heterocycles. The fourth-order valence-electron chi connectivity index (χ4n) is 2.05. The normalized spacial score (nSPS) is 12.6. The second-order valence-electron chi connectivity index (χ2n) is 4.90. The molecule has 20 heavy (non-hydrogen) atoms. The van der Waals surface area contributed by atoms with Gasteiger partial charge in [0.25, 0.3) is 5.91 Å². The van der Waals surface area contributed by atoms with Crippen molar-refractivity contribution in [2.45, 2.75) is 19.9 Å². The van der Waals surface area contributed by atoms with Gasteiger partial charge in [0.2, 0.25) is 0 Å². The summed E-state index contributed by atoms with van der Waals surface area (Å²) in [6, 6.07) is 4.64. The van der Waals surface area contributed by atoms with Crippen LogP contribution in [0.15, 0.2) is 28.9 Å². The summed E-state index contributed by atoms with van der Waals surface area (Å²) in [5.74, 6) is -1.62. The van der Waals surface area contributed by atoms with Crippen molar-refractivity contribution < 1.29 is 14.7 Å². The van der Waals surface area contributed by atoms with Crippen molar-refractivity contribution in [3.05, 3.63) is 34.4 Å². The lowest BCUT2D eigenvalue weighted by atomic mass is 10.0. The third-order valence-electron chi connectivity index (χ3n) is 3.12. The van der Waals surface area contributed by atoms with Crippen LogP contribution in [0.3, 0.4) is 0 Å². The summed E-state index contributed by atoms with van der Waals surface area (Å²) in [4.78, 5) is 26.4. The van der Waals surface area contributed by atoms with Crippen LogP contribution in [-0.4, -0.2) is 28.0 Å². The first-order chi connectivity index (χ1) is 9.41. The molecule has 0 aliphatic rings. The Bertz CT molecular complexity index is 663. The van der Waals surface area contributed by atoms with E-state index < -0.39 is 17.9 Å². The summed E-state index contributed by atoms with van der Waals surface area (Å²) in [6.07, 6.45) is 1.59. The highest BCUT2D eigenvalue weighted by Crippen LogP contribution is 2.27.